The molecule has 0 bridgehead atoms. The van der Waals surface area contributed by atoms with Crippen LogP contribution in [0.5, 0.6) is 5.75 Å². The van der Waals surface area contributed by atoms with Gasteiger partial charge in [0.15, 0.2) is 5.78 Å². The molecule has 0 aromatic heterocycles. The first-order valence-electron chi connectivity index (χ1n) is 9.29. The number of rotatable bonds is 4. The van der Waals surface area contributed by atoms with Crippen molar-refractivity contribution in [3.05, 3.63) is 29.3 Å². The van der Waals surface area contributed by atoms with Crippen molar-refractivity contribution in [3.63, 3.8) is 0 Å². The maximum atomic E-state index is 12.3. The average molecular weight is 283 g/mol. The van der Waals surface area contributed by atoms with E-state index in [9.17, 15) is 9.90 Å². The maximum Gasteiger partial charge on any atom is 0.176 e. The minimum atomic E-state index is -3.46. The van der Waals surface area contributed by atoms with Crippen LogP contribution in [0.1, 0.15) is 48.8 Å². The van der Waals surface area contributed by atoms with Gasteiger partial charge in [-0.2, -0.15) is 0 Å². The predicted octanol–water partition coefficient (Wildman–Crippen LogP) is 1.88. The van der Waals surface area contributed by atoms with E-state index in [0.29, 0.717) is 0 Å². The molecule has 1 aromatic rings. The van der Waals surface area contributed by atoms with E-state index in [1.54, 1.807) is 0 Å². The highest BCUT2D eigenvalue weighted by Crippen LogP contribution is 2.18. The number of aliphatic hydroxyl groups is 1. The van der Waals surface area contributed by atoms with Crippen molar-refractivity contribution >= 4 is 18.2 Å². The molecule has 0 amide bonds. The molecule has 0 fully saturated rings. The molecular formula is C13H20ClNO3. The molecule has 0 spiro atoms. The van der Waals surface area contributed by atoms with Crippen LogP contribution in [-0.4, -0.2) is 28.1 Å². The van der Waals surface area contributed by atoms with E-state index in [4.69, 9.17) is 17.4 Å². The molecular weight excluding hydrogens is 254 g/mol. The Balaban J connectivity index is 0.00000676. The van der Waals surface area contributed by atoms with Crippen LogP contribution in [0.2, 0.25) is 0 Å². The summed E-state index contributed by atoms with van der Waals surface area (Å²) in [6.07, 6.45) is 0. The van der Waals surface area contributed by atoms with E-state index in [2.05, 4.69) is 0 Å². The normalized spacial score (nSPS) is 20.4. The van der Waals surface area contributed by atoms with Crippen LogP contribution in [0.4, 0.5) is 0 Å². The van der Waals surface area contributed by atoms with Gasteiger partial charge in [-0.3, -0.25) is 4.79 Å². The van der Waals surface area contributed by atoms with Crippen LogP contribution in [0, 0.1) is 0 Å². The Morgan fingerprint density at radius 2 is 2.11 bits per heavy atom. The molecule has 18 heavy (non-hydrogen) atoms. The summed E-state index contributed by atoms with van der Waals surface area (Å²) in [7, 11) is 0. The number of hydrogen-bond donors (Lipinski definition) is 3. The van der Waals surface area contributed by atoms with E-state index >= 15 is 0 Å². The first-order valence-corrected chi connectivity index (χ1v) is 4.79. The lowest BCUT2D eigenvalue weighted by molar-refractivity contribution is 0.0982. The fraction of sp³-hybridized carbons (Fsp3) is 0.462. The van der Waals surface area contributed by atoms with E-state index in [1.807, 2.05) is 5.32 Å². The summed E-state index contributed by atoms with van der Waals surface area (Å²) >= 11 is 0. The van der Waals surface area contributed by atoms with Gasteiger partial charge in [0.2, 0.25) is 0 Å². The number of carbonyl (C=O) groups is 1. The molecule has 0 atom stereocenters. The summed E-state index contributed by atoms with van der Waals surface area (Å²) in [6.45, 7) is -11.8. The van der Waals surface area contributed by atoms with Gasteiger partial charge in [-0.25, -0.2) is 0 Å². The number of phenols is 1. The number of carbonyl (C=O) groups excluding carboxylic acids is 1. The standard InChI is InChI=1S/C13H19NO3.ClH/c1-13(2,3)14-7-12(17)9-4-5-11(16)10(6-9)8-15;/h4-6,14-16H,7-8H2,1-3H3;1H/i1D3,2D3,3D3;. The Morgan fingerprint density at radius 1 is 1.44 bits per heavy atom. The number of aromatic hydroxyl groups is 1. The van der Waals surface area contributed by atoms with Crippen LogP contribution in [0.15, 0.2) is 18.2 Å². The molecule has 0 saturated heterocycles. The van der Waals surface area contributed by atoms with E-state index in [-0.39, 0.29) is 29.3 Å². The largest absolute Gasteiger partial charge is 0.508 e. The van der Waals surface area contributed by atoms with Gasteiger partial charge < -0.3 is 15.5 Å². The molecule has 0 aliphatic rings. The monoisotopic (exact) mass is 282 g/mol. The van der Waals surface area contributed by atoms with Gasteiger partial charge in [-0.15, -0.1) is 12.4 Å². The van der Waals surface area contributed by atoms with Gasteiger partial charge in [0.05, 0.1) is 13.2 Å². The van der Waals surface area contributed by atoms with Gasteiger partial charge >= 0.3 is 0 Å². The zero-order chi connectivity index (χ0) is 20.6. The molecule has 0 aliphatic carbocycles. The van der Waals surface area contributed by atoms with E-state index < -0.39 is 45.0 Å². The van der Waals surface area contributed by atoms with Crippen LogP contribution < -0.4 is 5.32 Å². The lowest BCUT2D eigenvalue weighted by Crippen LogP contribution is -2.39. The van der Waals surface area contributed by atoms with Crippen molar-refractivity contribution in [2.24, 2.45) is 0 Å². The second-order valence-corrected chi connectivity index (χ2v) is 3.53. The summed E-state index contributed by atoms with van der Waals surface area (Å²) in [4.78, 5) is 12.3. The molecule has 0 aliphatic heterocycles. The number of nitrogens with one attached hydrogen (secondary N) is 1. The maximum absolute atomic E-state index is 12.3. The number of benzene rings is 1. The van der Waals surface area contributed by atoms with Crippen molar-refractivity contribution in [2.45, 2.75) is 32.7 Å². The molecule has 0 saturated carbocycles. The average Bonchev–Trinajstić information content (AvgIpc) is 2.43. The Kier molecular flexibility index (Phi) is 2.58. The van der Waals surface area contributed by atoms with Crippen LogP contribution in [0.3, 0.4) is 0 Å². The Hall–Kier alpha value is -1.10. The molecule has 0 heterocycles. The van der Waals surface area contributed by atoms with Crippen molar-refractivity contribution in [1.29, 1.82) is 0 Å². The Morgan fingerprint density at radius 3 is 2.67 bits per heavy atom. The first-order chi connectivity index (χ1) is 11.6. The molecule has 102 valence electrons. The fourth-order valence-electron chi connectivity index (χ4n) is 1.20. The van der Waals surface area contributed by atoms with Crippen molar-refractivity contribution in [1.82, 2.24) is 5.32 Å². The third-order valence-electron chi connectivity index (χ3n) is 2.09. The fourth-order valence-corrected chi connectivity index (χ4v) is 1.20. The molecule has 1 rings (SSSR count). The van der Waals surface area contributed by atoms with Crippen LogP contribution in [-0.2, 0) is 6.61 Å². The van der Waals surface area contributed by atoms with Gasteiger partial charge in [0.1, 0.15) is 5.75 Å². The number of Topliss-reactive ketones (excluding diaryl/α,β-unsaturated/α-hetero) is 1. The number of ketones is 1. The molecule has 4 nitrogen and oxygen atoms in total. The van der Waals surface area contributed by atoms with Gasteiger partial charge in [0.25, 0.3) is 0 Å². The van der Waals surface area contributed by atoms with Crippen molar-refractivity contribution in [2.75, 3.05) is 6.54 Å². The first kappa shape index (κ1) is 6.89. The van der Waals surface area contributed by atoms with Crippen molar-refractivity contribution in [3.8, 4) is 5.75 Å². The lowest BCUT2D eigenvalue weighted by atomic mass is 10.0. The van der Waals surface area contributed by atoms with Crippen LogP contribution in [0.25, 0.3) is 0 Å². The molecule has 1 aromatic carbocycles. The topological polar surface area (TPSA) is 69.6 Å². The van der Waals surface area contributed by atoms with Gasteiger partial charge in [-0.05, 0) is 38.8 Å². The minimum Gasteiger partial charge on any atom is -0.508 e. The van der Waals surface area contributed by atoms with Gasteiger partial charge in [0, 0.05) is 29.0 Å². The third kappa shape index (κ3) is 5.04. The summed E-state index contributed by atoms with van der Waals surface area (Å²) in [5, 5.41) is 20.5. The third-order valence-corrected chi connectivity index (χ3v) is 2.09. The second-order valence-electron chi connectivity index (χ2n) is 3.53. The minimum absolute atomic E-state index is 0. The molecule has 0 radical (unpaired) electrons. The van der Waals surface area contributed by atoms with E-state index in [1.165, 1.54) is 6.07 Å². The quantitative estimate of drug-likeness (QED) is 0.738. The predicted molar refractivity (Wildman–Crippen MR) is 73.4 cm³/mol. The number of halogens is 1. The van der Waals surface area contributed by atoms with Gasteiger partial charge in [-0.1, -0.05) is 0 Å². The number of hydrogen-bond acceptors (Lipinski definition) is 4. The lowest BCUT2D eigenvalue weighted by Gasteiger charge is -2.19. The van der Waals surface area contributed by atoms with Crippen molar-refractivity contribution < 1.29 is 27.3 Å². The summed E-state index contributed by atoms with van der Waals surface area (Å²) < 4.78 is 67.2. The van der Waals surface area contributed by atoms with E-state index in [0.717, 1.165) is 12.1 Å². The number of aliphatic hydroxyl groups excluding tert-OH is 1. The molecule has 0 unspecified atom stereocenters. The molecule has 5 heteroatoms. The summed E-state index contributed by atoms with van der Waals surface area (Å²) in [5.41, 5.74) is -3.33. The van der Waals surface area contributed by atoms with Crippen LogP contribution >= 0.6 is 12.4 Å². The summed E-state index contributed by atoms with van der Waals surface area (Å²) in [5.74, 6) is -1.07. The zero-order valence-corrected chi connectivity index (χ0v) is 10.2. The SMILES string of the molecule is Cl.[2H]C([2H])([2H])C(NCC(=O)c1ccc(O)c(CO)c1)(C([2H])([2H])[2H])C([2H])([2H])[2H]. The highest BCUT2D eigenvalue weighted by Gasteiger charge is 2.13. The Bertz CT molecular complexity index is 634. The smallest absolute Gasteiger partial charge is 0.176 e. The Labute approximate surface area is 126 Å². The highest BCUT2D eigenvalue weighted by atomic mass is 35.5. The molecule has 3 N–H and O–H groups in total. The summed E-state index contributed by atoms with van der Waals surface area (Å²) in [6, 6.07) is 3.45. The second kappa shape index (κ2) is 6.73. The zero-order valence-electron chi connectivity index (χ0n) is 18.4. The highest BCUT2D eigenvalue weighted by molar-refractivity contribution is 5.98.